The highest BCUT2D eigenvalue weighted by Crippen LogP contribution is 2.49. The SMILES string of the molecule is COC(=O)[C@@H]1CC1c1ccc(O)cc1C. The summed E-state index contributed by atoms with van der Waals surface area (Å²) < 4.78 is 4.70. The highest BCUT2D eigenvalue weighted by Gasteiger charge is 2.45. The molecule has 1 N–H and O–H groups in total. The molecule has 0 saturated heterocycles. The van der Waals surface area contributed by atoms with E-state index < -0.39 is 0 Å². The molecule has 1 saturated carbocycles. The van der Waals surface area contributed by atoms with Gasteiger partial charge < -0.3 is 9.84 Å². The lowest BCUT2D eigenvalue weighted by molar-refractivity contribution is -0.142. The number of hydrogen-bond acceptors (Lipinski definition) is 3. The number of phenols is 1. The maximum absolute atomic E-state index is 11.3. The molecule has 0 amide bonds. The fraction of sp³-hybridized carbons (Fsp3) is 0.417. The molecule has 1 unspecified atom stereocenters. The van der Waals surface area contributed by atoms with Gasteiger partial charge in [-0.2, -0.15) is 0 Å². The van der Waals surface area contributed by atoms with Gasteiger partial charge in [0.1, 0.15) is 5.75 Å². The van der Waals surface area contributed by atoms with Crippen LogP contribution in [0.15, 0.2) is 18.2 Å². The van der Waals surface area contributed by atoms with Crippen molar-refractivity contribution in [3.63, 3.8) is 0 Å². The summed E-state index contributed by atoms with van der Waals surface area (Å²) in [6, 6.07) is 5.27. The Morgan fingerprint density at radius 2 is 2.27 bits per heavy atom. The molecule has 0 aromatic heterocycles. The van der Waals surface area contributed by atoms with Gasteiger partial charge in [0, 0.05) is 0 Å². The molecule has 15 heavy (non-hydrogen) atoms. The van der Waals surface area contributed by atoms with Gasteiger partial charge in [0.2, 0.25) is 0 Å². The number of benzene rings is 1. The van der Waals surface area contributed by atoms with Crippen molar-refractivity contribution >= 4 is 5.97 Å². The van der Waals surface area contributed by atoms with E-state index in [1.807, 2.05) is 13.0 Å². The molecule has 0 spiro atoms. The first-order valence-corrected chi connectivity index (χ1v) is 5.01. The topological polar surface area (TPSA) is 46.5 Å². The number of ether oxygens (including phenoxy) is 1. The summed E-state index contributed by atoms with van der Waals surface area (Å²) in [6.45, 7) is 1.95. The summed E-state index contributed by atoms with van der Waals surface area (Å²) in [5, 5.41) is 9.27. The van der Waals surface area contributed by atoms with E-state index in [4.69, 9.17) is 4.74 Å². The summed E-state index contributed by atoms with van der Waals surface area (Å²) in [5.74, 6) is 0.426. The summed E-state index contributed by atoms with van der Waals surface area (Å²) in [7, 11) is 1.42. The molecule has 0 bridgehead atoms. The second-order valence-electron chi connectivity index (χ2n) is 4.01. The molecule has 2 atom stereocenters. The summed E-state index contributed by atoms with van der Waals surface area (Å²) in [6.07, 6.45) is 0.859. The third-order valence-corrected chi connectivity index (χ3v) is 2.95. The molecule has 1 aliphatic carbocycles. The maximum atomic E-state index is 11.3. The predicted octanol–water partition coefficient (Wildman–Crippen LogP) is 1.98. The number of esters is 1. The van der Waals surface area contributed by atoms with Crippen molar-refractivity contribution in [2.75, 3.05) is 7.11 Å². The Bertz CT molecular complexity index is 398. The first-order chi connectivity index (χ1) is 7.13. The predicted molar refractivity (Wildman–Crippen MR) is 55.7 cm³/mol. The summed E-state index contributed by atoms with van der Waals surface area (Å²) in [5.41, 5.74) is 2.18. The van der Waals surface area contributed by atoms with Gasteiger partial charge in [0.15, 0.2) is 0 Å². The molecular formula is C12H14O3. The van der Waals surface area contributed by atoms with E-state index in [0.29, 0.717) is 0 Å². The van der Waals surface area contributed by atoms with E-state index >= 15 is 0 Å². The number of carbonyl (C=O) groups is 1. The maximum Gasteiger partial charge on any atom is 0.309 e. The van der Waals surface area contributed by atoms with Crippen LogP contribution in [0.5, 0.6) is 5.75 Å². The Kier molecular flexibility index (Phi) is 2.39. The highest BCUT2D eigenvalue weighted by molar-refractivity contribution is 5.77. The molecule has 80 valence electrons. The van der Waals surface area contributed by atoms with E-state index in [1.54, 1.807) is 12.1 Å². The number of aromatic hydroxyl groups is 1. The van der Waals surface area contributed by atoms with Crippen LogP contribution in [0.2, 0.25) is 0 Å². The first-order valence-electron chi connectivity index (χ1n) is 5.01. The molecule has 1 aliphatic rings. The Morgan fingerprint density at radius 1 is 1.53 bits per heavy atom. The minimum atomic E-state index is -0.132. The van der Waals surface area contributed by atoms with Gasteiger partial charge in [-0.3, -0.25) is 4.79 Å². The van der Waals surface area contributed by atoms with E-state index in [1.165, 1.54) is 7.11 Å². The van der Waals surface area contributed by atoms with Crippen molar-refractivity contribution in [3.05, 3.63) is 29.3 Å². The molecule has 1 aromatic carbocycles. The number of rotatable bonds is 2. The second kappa shape index (κ2) is 3.57. The molecule has 2 rings (SSSR count). The van der Waals surface area contributed by atoms with E-state index in [2.05, 4.69) is 0 Å². The van der Waals surface area contributed by atoms with Gasteiger partial charge in [-0.1, -0.05) is 6.07 Å². The zero-order valence-corrected chi connectivity index (χ0v) is 8.86. The van der Waals surface area contributed by atoms with Gasteiger partial charge in [0.05, 0.1) is 13.0 Å². The average Bonchev–Trinajstić information content (AvgIpc) is 2.96. The number of aryl methyl sites for hydroxylation is 1. The third kappa shape index (κ3) is 1.82. The Balaban J connectivity index is 2.16. The lowest BCUT2D eigenvalue weighted by Crippen LogP contribution is -2.04. The fourth-order valence-electron chi connectivity index (χ4n) is 2.03. The number of phenolic OH excluding ortho intramolecular Hbond substituents is 1. The highest BCUT2D eigenvalue weighted by atomic mass is 16.5. The van der Waals surface area contributed by atoms with Crippen LogP contribution in [0.25, 0.3) is 0 Å². The van der Waals surface area contributed by atoms with Crippen molar-refractivity contribution in [1.29, 1.82) is 0 Å². The molecule has 0 radical (unpaired) electrons. The van der Waals surface area contributed by atoms with E-state index in [9.17, 15) is 9.90 Å². The van der Waals surface area contributed by atoms with Crippen LogP contribution in [-0.4, -0.2) is 18.2 Å². The van der Waals surface area contributed by atoms with Crippen molar-refractivity contribution in [3.8, 4) is 5.75 Å². The number of methoxy groups -OCH3 is 1. The van der Waals surface area contributed by atoms with Crippen LogP contribution < -0.4 is 0 Å². The van der Waals surface area contributed by atoms with Crippen molar-refractivity contribution < 1.29 is 14.6 Å². The lowest BCUT2D eigenvalue weighted by atomic mass is 10.0. The van der Waals surface area contributed by atoms with Crippen LogP contribution >= 0.6 is 0 Å². The fourth-order valence-corrected chi connectivity index (χ4v) is 2.03. The molecule has 1 fully saturated rings. The monoisotopic (exact) mass is 206 g/mol. The van der Waals surface area contributed by atoms with Crippen LogP contribution in [-0.2, 0) is 9.53 Å². The standard InChI is InChI=1S/C12H14O3/c1-7-5-8(13)3-4-9(7)10-6-11(10)12(14)15-2/h3-5,10-11,13H,6H2,1-2H3/t10?,11-/m1/s1. The summed E-state index contributed by atoms with van der Waals surface area (Å²) in [4.78, 5) is 11.3. The molecule has 3 nitrogen and oxygen atoms in total. The minimum Gasteiger partial charge on any atom is -0.508 e. The van der Waals surface area contributed by atoms with Gasteiger partial charge in [-0.05, 0) is 42.5 Å². The largest absolute Gasteiger partial charge is 0.508 e. The van der Waals surface area contributed by atoms with Crippen molar-refractivity contribution in [2.45, 2.75) is 19.3 Å². The van der Waals surface area contributed by atoms with Gasteiger partial charge in [-0.15, -0.1) is 0 Å². The molecule has 3 heteroatoms. The number of carbonyl (C=O) groups excluding carboxylic acids is 1. The normalized spacial score (nSPS) is 23.6. The second-order valence-corrected chi connectivity index (χ2v) is 4.01. The van der Waals surface area contributed by atoms with Gasteiger partial charge in [0.25, 0.3) is 0 Å². The Labute approximate surface area is 88.7 Å². The Hall–Kier alpha value is -1.51. The molecule has 0 heterocycles. The molecular weight excluding hydrogens is 192 g/mol. The van der Waals surface area contributed by atoms with Crippen molar-refractivity contribution in [2.24, 2.45) is 5.92 Å². The van der Waals surface area contributed by atoms with Crippen LogP contribution in [0.4, 0.5) is 0 Å². The van der Waals surface area contributed by atoms with Crippen molar-refractivity contribution in [1.82, 2.24) is 0 Å². The Morgan fingerprint density at radius 3 is 2.87 bits per heavy atom. The zero-order chi connectivity index (χ0) is 11.0. The van der Waals surface area contributed by atoms with E-state index in [0.717, 1.165) is 17.5 Å². The average molecular weight is 206 g/mol. The van der Waals surface area contributed by atoms with Crippen LogP contribution in [0.3, 0.4) is 0 Å². The van der Waals surface area contributed by atoms with Gasteiger partial charge >= 0.3 is 5.97 Å². The lowest BCUT2D eigenvalue weighted by Gasteiger charge is -2.05. The quantitative estimate of drug-likeness (QED) is 0.752. The molecule has 0 aliphatic heterocycles. The number of hydrogen-bond donors (Lipinski definition) is 1. The third-order valence-electron chi connectivity index (χ3n) is 2.95. The smallest absolute Gasteiger partial charge is 0.309 e. The first kappa shape index (κ1) is 10.0. The molecule has 1 aromatic rings. The minimum absolute atomic E-state index is 0.0123. The van der Waals surface area contributed by atoms with Crippen LogP contribution in [0, 0.1) is 12.8 Å². The van der Waals surface area contributed by atoms with Gasteiger partial charge in [-0.25, -0.2) is 0 Å². The van der Waals surface area contributed by atoms with E-state index in [-0.39, 0.29) is 23.6 Å². The summed E-state index contributed by atoms with van der Waals surface area (Å²) >= 11 is 0. The van der Waals surface area contributed by atoms with Crippen LogP contribution in [0.1, 0.15) is 23.5 Å². The zero-order valence-electron chi connectivity index (χ0n) is 8.86.